The molecule has 4 aromatic rings. The molecule has 47 heavy (non-hydrogen) atoms. The molecule has 13 heteroatoms. The van der Waals surface area contributed by atoms with E-state index in [4.69, 9.17) is 27.9 Å². The summed E-state index contributed by atoms with van der Waals surface area (Å²) in [7, 11) is 0. The molecule has 2 aromatic heterocycles. The number of hydrogen-bond donors (Lipinski definition) is 0. The summed E-state index contributed by atoms with van der Waals surface area (Å²) < 4.78 is 51.3. The number of amides is 1. The highest BCUT2D eigenvalue weighted by Crippen LogP contribution is 2.39. The Balaban J connectivity index is 1.32. The van der Waals surface area contributed by atoms with Crippen molar-refractivity contribution in [1.29, 1.82) is 0 Å². The Morgan fingerprint density at radius 3 is 2.77 bits per heavy atom. The number of aromatic nitrogens is 3. The second-order valence-electron chi connectivity index (χ2n) is 12.2. The summed E-state index contributed by atoms with van der Waals surface area (Å²) in [5, 5.41) is 1.09. The number of fused-ring (bicyclic) bond motifs is 3. The van der Waals surface area contributed by atoms with Crippen LogP contribution in [0.4, 0.5) is 19.0 Å². The molecule has 242 valence electrons. The predicted octanol–water partition coefficient (Wildman–Crippen LogP) is 6.20. The summed E-state index contributed by atoms with van der Waals surface area (Å²) in [5.74, 6) is -3.05. The van der Waals surface area contributed by atoms with Gasteiger partial charge in [0, 0.05) is 48.9 Å². The lowest BCUT2D eigenvalue weighted by Crippen LogP contribution is -2.56. The Hall–Kier alpha value is -4.47. The summed E-state index contributed by atoms with van der Waals surface area (Å²) in [6.45, 7) is 12.3. The quantitative estimate of drug-likeness (QED) is 0.172. The van der Waals surface area contributed by atoms with E-state index in [-0.39, 0.29) is 59.9 Å². The van der Waals surface area contributed by atoms with Crippen LogP contribution in [0.25, 0.3) is 37.8 Å². The van der Waals surface area contributed by atoms with Crippen LogP contribution in [0.1, 0.15) is 25.7 Å². The van der Waals surface area contributed by atoms with Crippen LogP contribution in [0.3, 0.4) is 0 Å². The zero-order valence-electron chi connectivity index (χ0n) is 25.4. The molecule has 0 saturated carbocycles. The molecule has 5 heterocycles. The molecule has 0 N–H and O–H groups in total. The molecular weight excluding hydrogens is 631 g/mol. The van der Waals surface area contributed by atoms with Crippen LogP contribution in [-0.4, -0.2) is 88.1 Å². The lowest BCUT2D eigenvalue weighted by Gasteiger charge is -2.39. The normalized spacial score (nSPS) is 21.3. The van der Waals surface area contributed by atoms with Gasteiger partial charge in [-0.3, -0.25) is 14.7 Å². The van der Waals surface area contributed by atoms with Crippen LogP contribution in [0.2, 0.25) is 5.02 Å². The number of pyridine rings is 1. The molecule has 1 amide bonds. The third-order valence-corrected chi connectivity index (χ3v) is 9.91. The molecule has 3 fully saturated rings. The van der Waals surface area contributed by atoms with E-state index in [0.29, 0.717) is 34.8 Å². The molecule has 2 aromatic carbocycles. The molecule has 2 unspecified atom stereocenters. The fourth-order valence-corrected chi connectivity index (χ4v) is 7.58. The predicted molar refractivity (Wildman–Crippen MR) is 173 cm³/mol. The van der Waals surface area contributed by atoms with Gasteiger partial charge in [-0.1, -0.05) is 42.4 Å². The first kappa shape index (κ1) is 31.1. The van der Waals surface area contributed by atoms with E-state index in [9.17, 15) is 13.6 Å². The third-order valence-electron chi connectivity index (χ3n) is 9.54. The number of halogens is 4. The van der Waals surface area contributed by atoms with Crippen LogP contribution in [0, 0.1) is 18.2 Å². The Kier molecular flexibility index (Phi) is 8.36. The van der Waals surface area contributed by atoms with Crippen molar-refractivity contribution in [3.8, 4) is 17.3 Å². The SMILES string of the molecule is [C-]#[N+]C[C@H]1CN(c2nc(OCC3CCC4CCCN43)nc3c(F)c(-c4cccc5ccc(F)c(Cl)c45)ncc23)CCN1C(=O)C(=C)F. The number of nitrogens with zero attached hydrogens (tertiary/aromatic N) is 7. The average Bonchev–Trinajstić information content (AvgIpc) is 3.70. The largest absolute Gasteiger partial charge is 0.462 e. The summed E-state index contributed by atoms with van der Waals surface area (Å²) in [5.41, 5.74) is 0.183. The number of piperazine rings is 1. The van der Waals surface area contributed by atoms with E-state index in [1.54, 1.807) is 24.3 Å². The van der Waals surface area contributed by atoms with Crippen LogP contribution in [0.15, 0.2) is 48.9 Å². The Morgan fingerprint density at radius 2 is 1.96 bits per heavy atom. The molecule has 3 saturated heterocycles. The van der Waals surface area contributed by atoms with Gasteiger partial charge in [0.15, 0.2) is 11.6 Å². The minimum absolute atomic E-state index is 0.0226. The highest BCUT2D eigenvalue weighted by atomic mass is 35.5. The van der Waals surface area contributed by atoms with Crippen molar-refractivity contribution < 1.29 is 22.7 Å². The summed E-state index contributed by atoms with van der Waals surface area (Å²) in [6.07, 6.45) is 5.87. The topological polar surface area (TPSA) is 79.1 Å². The van der Waals surface area contributed by atoms with E-state index < -0.39 is 29.4 Å². The summed E-state index contributed by atoms with van der Waals surface area (Å²) >= 11 is 6.38. The first-order chi connectivity index (χ1) is 22.7. The summed E-state index contributed by atoms with van der Waals surface area (Å²) in [4.78, 5) is 35.3. The monoisotopic (exact) mass is 661 g/mol. The van der Waals surface area contributed by atoms with Crippen LogP contribution in [0.5, 0.6) is 6.01 Å². The number of carbonyl (C=O) groups excluding carboxylic acids is 1. The smallest absolute Gasteiger partial charge is 0.319 e. The van der Waals surface area contributed by atoms with Crippen molar-refractivity contribution in [3.05, 3.63) is 77.0 Å². The first-order valence-corrected chi connectivity index (χ1v) is 16.0. The lowest BCUT2D eigenvalue weighted by molar-refractivity contribution is -0.131. The van der Waals surface area contributed by atoms with Gasteiger partial charge >= 0.3 is 6.01 Å². The second-order valence-corrected chi connectivity index (χ2v) is 12.6. The molecule has 0 bridgehead atoms. The van der Waals surface area contributed by atoms with Crippen molar-refractivity contribution in [3.63, 3.8) is 0 Å². The van der Waals surface area contributed by atoms with Gasteiger partial charge in [0.05, 0.1) is 10.4 Å². The number of rotatable bonds is 7. The van der Waals surface area contributed by atoms with Gasteiger partial charge in [0.25, 0.3) is 5.91 Å². The number of anilines is 1. The Morgan fingerprint density at radius 1 is 1.11 bits per heavy atom. The number of carbonyl (C=O) groups is 1. The highest BCUT2D eigenvalue weighted by molar-refractivity contribution is 6.36. The first-order valence-electron chi connectivity index (χ1n) is 15.6. The van der Waals surface area contributed by atoms with Gasteiger partial charge in [0.1, 0.15) is 35.5 Å². The van der Waals surface area contributed by atoms with Crippen molar-refractivity contribution in [1.82, 2.24) is 24.8 Å². The molecule has 3 aliphatic rings. The molecule has 3 aliphatic heterocycles. The average molecular weight is 662 g/mol. The Labute approximate surface area is 274 Å². The molecule has 3 atom stereocenters. The van der Waals surface area contributed by atoms with Crippen molar-refractivity contribution in [2.45, 2.75) is 43.8 Å². The van der Waals surface area contributed by atoms with Gasteiger partial charge in [-0.25, -0.2) is 19.7 Å². The van der Waals surface area contributed by atoms with Crippen LogP contribution >= 0.6 is 11.6 Å². The van der Waals surface area contributed by atoms with E-state index in [0.717, 1.165) is 25.8 Å². The lowest BCUT2D eigenvalue weighted by atomic mass is 10.0. The van der Waals surface area contributed by atoms with E-state index in [1.165, 1.54) is 23.6 Å². The number of benzene rings is 2. The number of ether oxygens (including phenoxy) is 1. The third kappa shape index (κ3) is 5.61. The fourth-order valence-electron chi connectivity index (χ4n) is 7.30. The standard InChI is InChI=1S/C34H31ClF3N7O2/c1-19(36)33(46)45-14-13-43(17-23(45)15-39-2)32-25-16-40-30(24-7-3-5-20-8-11-26(37)28(35)27(20)24)29(38)31(25)41-34(42-32)47-18-22-10-9-21-6-4-12-44(21)22/h3,5,7-8,11,16,21-23H,1,4,6,9-10,12-15,17-18H2/t21?,22?,23-/m0/s1. The maximum Gasteiger partial charge on any atom is 0.319 e. The van der Waals surface area contributed by atoms with E-state index >= 15 is 4.39 Å². The van der Waals surface area contributed by atoms with Crippen molar-refractivity contribution in [2.75, 3.05) is 44.2 Å². The molecule has 0 aliphatic carbocycles. The van der Waals surface area contributed by atoms with Gasteiger partial charge in [-0.15, -0.1) is 0 Å². The zero-order valence-corrected chi connectivity index (χ0v) is 26.2. The van der Waals surface area contributed by atoms with Crippen molar-refractivity contribution >= 4 is 45.0 Å². The van der Waals surface area contributed by atoms with Gasteiger partial charge < -0.3 is 19.4 Å². The number of hydrogen-bond acceptors (Lipinski definition) is 7. The van der Waals surface area contributed by atoms with Gasteiger partial charge in [-0.2, -0.15) is 9.97 Å². The molecule has 9 nitrogen and oxygen atoms in total. The van der Waals surface area contributed by atoms with Crippen molar-refractivity contribution in [2.24, 2.45) is 0 Å². The fraction of sp³-hybridized carbons (Fsp3) is 0.382. The van der Waals surface area contributed by atoms with E-state index in [2.05, 4.69) is 26.3 Å². The van der Waals surface area contributed by atoms with Crippen LogP contribution in [-0.2, 0) is 4.79 Å². The molecule has 0 radical (unpaired) electrons. The maximum absolute atomic E-state index is 16.7. The Bertz CT molecular complexity index is 1950. The second kappa shape index (κ2) is 12.6. The highest BCUT2D eigenvalue weighted by Gasteiger charge is 2.38. The van der Waals surface area contributed by atoms with Crippen LogP contribution < -0.4 is 9.64 Å². The summed E-state index contributed by atoms with van der Waals surface area (Å²) in [6, 6.07) is 7.99. The minimum Gasteiger partial charge on any atom is -0.462 e. The van der Waals surface area contributed by atoms with Gasteiger partial charge in [-0.05, 0) is 43.7 Å². The molecule has 0 spiro atoms. The van der Waals surface area contributed by atoms with Gasteiger partial charge in [0.2, 0.25) is 6.54 Å². The minimum atomic E-state index is -1.10. The molecule has 7 rings (SSSR count). The zero-order chi connectivity index (χ0) is 32.8. The van der Waals surface area contributed by atoms with E-state index in [1.807, 2.05) is 4.90 Å². The maximum atomic E-state index is 16.7. The molecular formula is C34H31ClF3N7O2.